The molecule has 0 spiro atoms. The molecule has 1 saturated carbocycles. The van der Waals surface area contributed by atoms with Crippen molar-refractivity contribution in [2.75, 3.05) is 18.0 Å². The Labute approximate surface area is 118 Å². The lowest BCUT2D eigenvalue weighted by Gasteiger charge is -2.23. The van der Waals surface area contributed by atoms with Crippen molar-refractivity contribution in [2.24, 2.45) is 5.92 Å². The van der Waals surface area contributed by atoms with Crippen molar-refractivity contribution < 1.29 is 4.79 Å². The lowest BCUT2D eigenvalue weighted by Crippen LogP contribution is -2.41. The van der Waals surface area contributed by atoms with Crippen LogP contribution in [0.2, 0.25) is 0 Å². The molecule has 1 N–H and O–H groups in total. The molecule has 2 fully saturated rings. The summed E-state index contributed by atoms with van der Waals surface area (Å²) in [5.74, 6) is 0.549. The van der Waals surface area contributed by atoms with E-state index in [9.17, 15) is 4.79 Å². The van der Waals surface area contributed by atoms with Crippen LogP contribution in [0.4, 0.5) is 5.13 Å². The van der Waals surface area contributed by atoms with Crippen molar-refractivity contribution in [3.8, 4) is 0 Å². The Hall–Kier alpha value is -1.10. The molecule has 5 heteroatoms. The van der Waals surface area contributed by atoms with Crippen molar-refractivity contribution in [1.29, 1.82) is 0 Å². The van der Waals surface area contributed by atoms with Gasteiger partial charge in [-0.1, -0.05) is 19.3 Å². The molecule has 0 bridgehead atoms. The van der Waals surface area contributed by atoms with Crippen LogP contribution in [-0.4, -0.2) is 30.0 Å². The summed E-state index contributed by atoms with van der Waals surface area (Å²) in [5, 5.41) is 6.32. The topological polar surface area (TPSA) is 45.2 Å². The molecular formula is C14H21N3OS. The van der Waals surface area contributed by atoms with Gasteiger partial charge in [-0.15, -0.1) is 11.3 Å². The highest BCUT2D eigenvalue weighted by Crippen LogP contribution is 2.25. The highest BCUT2D eigenvalue weighted by atomic mass is 32.1. The molecule has 19 heavy (non-hydrogen) atoms. The van der Waals surface area contributed by atoms with Crippen LogP contribution in [-0.2, 0) is 4.79 Å². The number of nitrogens with one attached hydrogen (secondary N) is 1. The van der Waals surface area contributed by atoms with Crippen LogP contribution >= 0.6 is 11.3 Å². The number of nitrogens with zero attached hydrogens (tertiary/aromatic N) is 2. The Bertz CT molecular complexity index is 414. The van der Waals surface area contributed by atoms with E-state index in [-0.39, 0.29) is 11.8 Å². The molecular weight excluding hydrogens is 258 g/mol. The number of hydrogen-bond donors (Lipinski definition) is 1. The highest BCUT2D eigenvalue weighted by Gasteiger charge is 2.28. The molecule has 1 unspecified atom stereocenters. The summed E-state index contributed by atoms with van der Waals surface area (Å²) < 4.78 is 0. The van der Waals surface area contributed by atoms with Crippen molar-refractivity contribution in [3.63, 3.8) is 0 Å². The van der Waals surface area contributed by atoms with Crippen LogP contribution in [0.15, 0.2) is 11.6 Å². The predicted octanol–water partition coefficient (Wildman–Crippen LogP) is 2.42. The monoisotopic (exact) mass is 279 g/mol. The summed E-state index contributed by atoms with van der Waals surface area (Å²) in [6.07, 6.45) is 8.77. The average Bonchev–Trinajstić information content (AvgIpc) is 3.10. The quantitative estimate of drug-likeness (QED) is 0.924. The van der Waals surface area contributed by atoms with E-state index in [4.69, 9.17) is 0 Å². The van der Waals surface area contributed by atoms with Gasteiger partial charge in [0, 0.05) is 36.6 Å². The van der Waals surface area contributed by atoms with Crippen molar-refractivity contribution >= 4 is 22.4 Å². The van der Waals surface area contributed by atoms with Gasteiger partial charge in [0.05, 0.1) is 0 Å². The van der Waals surface area contributed by atoms with E-state index in [2.05, 4.69) is 15.2 Å². The number of carbonyl (C=O) groups excluding carboxylic acids is 1. The molecule has 1 aliphatic heterocycles. The zero-order valence-corrected chi connectivity index (χ0v) is 12.0. The molecule has 0 aromatic carbocycles. The van der Waals surface area contributed by atoms with E-state index >= 15 is 0 Å². The third kappa shape index (κ3) is 3.08. The maximum atomic E-state index is 12.2. The summed E-state index contributed by atoms with van der Waals surface area (Å²) in [4.78, 5) is 18.8. The predicted molar refractivity (Wildman–Crippen MR) is 77.4 cm³/mol. The molecule has 0 radical (unpaired) electrons. The number of hydrogen-bond acceptors (Lipinski definition) is 4. The van der Waals surface area contributed by atoms with Gasteiger partial charge in [0.15, 0.2) is 5.13 Å². The summed E-state index contributed by atoms with van der Waals surface area (Å²) in [7, 11) is 0. The first-order valence-corrected chi connectivity index (χ1v) is 8.16. The second-order valence-electron chi connectivity index (χ2n) is 5.59. The standard InChI is InChI=1S/C14H21N3OS/c18-13(11-4-2-1-3-5-11)16-12-6-8-17(10-12)14-15-7-9-19-14/h7,9,11-12H,1-6,8,10H2,(H,16,18). The van der Waals surface area contributed by atoms with E-state index in [1.54, 1.807) is 11.3 Å². The third-order valence-corrected chi connectivity index (χ3v) is 5.03. The van der Waals surface area contributed by atoms with Gasteiger partial charge in [-0.25, -0.2) is 4.98 Å². The lowest BCUT2D eigenvalue weighted by molar-refractivity contribution is -0.126. The smallest absolute Gasteiger partial charge is 0.223 e. The van der Waals surface area contributed by atoms with Crippen LogP contribution < -0.4 is 10.2 Å². The van der Waals surface area contributed by atoms with E-state index in [0.717, 1.165) is 37.5 Å². The summed E-state index contributed by atoms with van der Waals surface area (Å²) in [6.45, 7) is 1.91. The first kappa shape index (κ1) is 12.9. The molecule has 1 atom stereocenters. The van der Waals surface area contributed by atoms with Gasteiger partial charge in [-0.2, -0.15) is 0 Å². The van der Waals surface area contributed by atoms with Gasteiger partial charge in [-0.05, 0) is 19.3 Å². The summed E-state index contributed by atoms with van der Waals surface area (Å²) in [5.41, 5.74) is 0. The molecule has 1 aromatic heterocycles. The minimum Gasteiger partial charge on any atom is -0.351 e. The van der Waals surface area contributed by atoms with Crippen LogP contribution in [0.25, 0.3) is 0 Å². The average molecular weight is 279 g/mol. The molecule has 1 amide bonds. The molecule has 1 aliphatic carbocycles. The second-order valence-corrected chi connectivity index (χ2v) is 6.46. The summed E-state index contributed by atoms with van der Waals surface area (Å²) >= 11 is 1.67. The molecule has 1 aromatic rings. The van der Waals surface area contributed by atoms with Gasteiger partial charge in [0.1, 0.15) is 0 Å². The SMILES string of the molecule is O=C(NC1CCN(c2nccs2)C1)C1CCCCC1. The molecule has 2 heterocycles. The van der Waals surface area contributed by atoms with Crippen LogP contribution in [0, 0.1) is 5.92 Å². The number of amides is 1. The van der Waals surface area contributed by atoms with Gasteiger partial charge < -0.3 is 10.2 Å². The lowest BCUT2D eigenvalue weighted by atomic mass is 9.88. The largest absolute Gasteiger partial charge is 0.351 e. The van der Waals surface area contributed by atoms with Crippen molar-refractivity contribution in [2.45, 2.75) is 44.6 Å². The first-order chi connectivity index (χ1) is 9.33. The molecule has 104 valence electrons. The fourth-order valence-electron chi connectivity index (χ4n) is 3.11. The Morgan fingerprint density at radius 3 is 2.89 bits per heavy atom. The fraction of sp³-hybridized carbons (Fsp3) is 0.714. The van der Waals surface area contributed by atoms with E-state index < -0.39 is 0 Å². The van der Waals surface area contributed by atoms with Gasteiger partial charge in [0.2, 0.25) is 5.91 Å². The molecule has 3 rings (SSSR count). The van der Waals surface area contributed by atoms with Gasteiger partial charge >= 0.3 is 0 Å². The van der Waals surface area contributed by atoms with Crippen molar-refractivity contribution in [1.82, 2.24) is 10.3 Å². The molecule has 1 saturated heterocycles. The number of carbonyl (C=O) groups is 1. The minimum absolute atomic E-state index is 0.266. The third-order valence-electron chi connectivity index (χ3n) is 4.20. The Morgan fingerprint density at radius 1 is 1.32 bits per heavy atom. The van der Waals surface area contributed by atoms with E-state index in [0.29, 0.717) is 6.04 Å². The minimum atomic E-state index is 0.266. The first-order valence-electron chi connectivity index (χ1n) is 7.28. The Morgan fingerprint density at radius 2 is 2.16 bits per heavy atom. The maximum absolute atomic E-state index is 12.2. The maximum Gasteiger partial charge on any atom is 0.223 e. The fourth-order valence-corrected chi connectivity index (χ4v) is 3.79. The number of rotatable bonds is 3. The number of aromatic nitrogens is 1. The van der Waals surface area contributed by atoms with E-state index in [1.165, 1.54) is 19.3 Å². The number of anilines is 1. The molecule has 2 aliphatic rings. The Kier molecular flexibility index (Phi) is 4.01. The Balaban J connectivity index is 1.50. The van der Waals surface area contributed by atoms with Crippen molar-refractivity contribution in [3.05, 3.63) is 11.6 Å². The number of thiazole rings is 1. The zero-order valence-electron chi connectivity index (χ0n) is 11.2. The van der Waals surface area contributed by atoms with Gasteiger partial charge in [0.25, 0.3) is 0 Å². The summed E-state index contributed by atoms with van der Waals surface area (Å²) in [6, 6.07) is 0.304. The van der Waals surface area contributed by atoms with Crippen LogP contribution in [0.1, 0.15) is 38.5 Å². The zero-order chi connectivity index (χ0) is 13.1. The normalized spacial score (nSPS) is 24.6. The van der Waals surface area contributed by atoms with Crippen LogP contribution in [0.5, 0.6) is 0 Å². The second kappa shape index (κ2) is 5.90. The highest BCUT2D eigenvalue weighted by molar-refractivity contribution is 7.13. The van der Waals surface area contributed by atoms with E-state index in [1.807, 2.05) is 11.6 Å². The van der Waals surface area contributed by atoms with Crippen LogP contribution in [0.3, 0.4) is 0 Å². The van der Waals surface area contributed by atoms with Gasteiger partial charge in [-0.3, -0.25) is 4.79 Å². The molecule has 4 nitrogen and oxygen atoms in total.